The summed E-state index contributed by atoms with van der Waals surface area (Å²) in [6.45, 7) is 7.29. The van der Waals surface area contributed by atoms with Crippen LogP contribution in [0.2, 0.25) is 0 Å². The maximum atomic E-state index is 10.0. The summed E-state index contributed by atoms with van der Waals surface area (Å²) < 4.78 is 13.0. The van der Waals surface area contributed by atoms with E-state index in [2.05, 4.69) is 59.7 Å². The fourth-order valence-electron chi connectivity index (χ4n) is 4.55. The second kappa shape index (κ2) is 10.0. The number of aromatic nitrogens is 2. The van der Waals surface area contributed by atoms with Crippen LogP contribution in [0.4, 0.5) is 5.82 Å². The lowest BCUT2D eigenvalue weighted by Crippen LogP contribution is -2.30. The van der Waals surface area contributed by atoms with E-state index in [9.17, 15) is 5.26 Å². The third-order valence-corrected chi connectivity index (χ3v) is 6.43. The van der Waals surface area contributed by atoms with Crippen LogP contribution in [0, 0.1) is 24.2 Å². The molecule has 2 aromatic heterocycles. The Morgan fingerprint density at radius 1 is 1.06 bits per heavy atom. The molecule has 0 aliphatic rings. The number of nitrogens with one attached hydrogen (secondary N) is 2. The van der Waals surface area contributed by atoms with Crippen molar-refractivity contribution in [3.63, 3.8) is 0 Å². The summed E-state index contributed by atoms with van der Waals surface area (Å²) in [5.41, 5.74) is 7.04. The first-order chi connectivity index (χ1) is 16.5. The van der Waals surface area contributed by atoms with Gasteiger partial charge >= 0.3 is 0 Å². The zero-order valence-corrected chi connectivity index (χ0v) is 20.7. The SMILES string of the molecule is COc1ccc(CCNc2c(CCC(C)C)c(C)c(C#N)c3[nH]c4ccccc4[n+]23)cc1OC. The van der Waals surface area contributed by atoms with Crippen LogP contribution in [0.25, 0.3) is 16.7 Å². The largest absolute Gasteiger partial charge is 0.493 e. The predicted molar refractivity (Wildman–Crippen MR) is 136 cm³/mol. The van der Waals surface area contributed by atoms with E-state index in [1.165, 1.54) is 11.1 Å². The molecule has 0 fully saturated rings. The topological polar surface area (TPSA) is 74.2 Å². The minimum atomic E-state index is 0.577. The molecule has 0 saturated heterocycles. The molecule has 0 atom stereocenters. The molecule has 0 bridgehead atoms. The third-order valence-electron chi connectivity index (χ3n) is 6.43. The second-order valence-corrected chi connectivity index (χ2v) is 9.06. The van der Waals surface area contributed by atoms with Crippen molar-refractivity contribution in [2.45, 2.75) is 40.0 Å². The van der Waals surface area contributed by atoms with Gasteiger partial charge in [0.25, 0.3) is 0 Å². The van der Waals surface area contributed by atoms with Gasteiger partial charge in [0.15, 0.2) is 11.5 Å². The number of para-hydroxylation sites is 2. The molecule has 6 heteroatoms. The van der Waals surface area contributed by atoms with Gasteiger partial charge in [-0.3, -0.25) is 4.98 Å². The number of imidazole rings is 1. The van der Waals surface area contributed by atoms with Crippen molar-refractivity contribution >= 4 is 22.5 Å². The Kier molecular flexibility index (Phi) is 6.93. The number of ether oxygens (including phenoxy) is 2. The van der Waals surface area contributed by atoms with Crippen LogP contribution in [0.5, 0.6) is 11.5 Å². The molecule has 0 aliphatic heterocycles. The first kappa shape index (κ1) is 23.4. The zero-order chi connectivity index (χ0) is 24.2. The molecule has 4 rings (SSSR count). The van der Waals surface area contributed by atoms with Gasteiger partial charge in [0, 0.05) is 12.0 Å². The van der Waals surface area contributed by atoms with Crippen LogP contribution in [0.1, 0.15) is 42.5 Å². The van der Waals surface area contributed by atoms with E-state index in [0.717, 1.165) is 65.4 Å². The Balaban J connectivity index is 1.77. The lowest BCUT2D eigenvalue weighted by atomic mass is 9.96. The maximum Gasteiger partial charge on any atom is 0.250 e. The summed E-state index contributed by atoms with van der Waals surface area (Å²) in [4.78, 5) is 3.48. The molecule has 34 heavy (non-hydrogen) atoms. The monoisotopic (exact) mass is 457 g/mol. The molecule has 0 aliphatic carbocycles. The van der Waals surface area contributed by atoms with Crippen LogP contribution in [-0.2, 0) is 12.8 Å². The quantitative estimate of drug-likeness (QED) is 0.332. The van der Waals surface area contributed by atoms with Crippen molar-refractivity contribution < 1.29 is 13.9 Å². The van der Waals surface area contributed by atoms with Crippen LogP contribution in [0.15, 0.2) is 42.5 Å². The fraction of sp³-hybridized carbons (Fsp3) is 0.357. The molecule has 0 spiro atoms. The van der Waals surface area contributed by atoms with E-state index in [4.69, 9.17) is 9.47 Å². The molecular formula is C28H33N4O2+. The highest BCUT2D eigenvalue weighted by Crippen LogP contribution is 2.29. The summed E-state index contributed by atoms with van der Waals surface area (Å²) in [5, 5.41) is 13.8. The number of nitrogens with zero attached hydrogens (tertiary/aromatic N) is 2. The van der Waals surface area contributed by atoms with Gasteiger partial charge < -0.3 is 14.8 Å². The molecule has 0 unspecified atom stereocenters. The number of methoxy groups -OCH3 is 2. The molecule has 0 radical (unpaired) electrons. The van der Waals surface area contributed by atoms with Crippen LogP contribution in [0.3, 0.4) is 0 Å². The standard InChI is InChI=1S/C28H32N4O2/c1-18(2)10-12-21-19(3)22(17-29)28-31-23-8-6-7-9-24(23)32(28)27(21)30-15-14-20-11-13-25(33-4)26(16-20)34-5/h6-9,11,13,16,18H,10,12,14-15H2,1-5H3,(H,30,31)/p+1. The lowest BCUT2D eigenvalue weighted by Gasteiger charge is -2.15. The molecule has 0 saturated carbocycles. The van der Waals surface area contributed by atoms with Gasteiger partial charge in [0.1, 0.15) is 22.7 Å². The zero-order valence-electron chi connectivity index (χ0n) is 20.7. The van der Waals surface area contributed by atoms with Crippen molar-refractivity contribution in [1.82, 2.24) is 4.98 Å². The number of rotatable bonds is 9. The van der Waals surface area contributed by atoms with Gasteiger partial charge in [-0.15, -0.1) is 0 Å². The number of aromatic amines is 1. The van der Waals surface area contributed by atoms with Crippen molar-refractivity contribution in [3.8, 4) is 17.6 Å². The Morgan fingerprint density at radius 2 is 1.82 bits per heavy atom. The van der Waals surface area contributed by atoms with E-state index >= 15 is 0 Å². The average molecular weight is 458 g/mol. The highest BCUT2D eigenvalue weighted by Gasteiger charge is 2.25. The summed E-state index contributed by atoms with van der Waals surface area (Å²) >= 11 is 0. The van der Waals surface area contributed by atoms with Gasteiger partial charge in [-0.2, -0.15) is 9.66 Å². The van der Waals surface area contributed by atoms with E-state index in [1.807, 2.05) is 24.3 Å². The summed E-state index contributed by atoms with van der Waals surface area (Å²) in [6.07, 6.45) is 2.80. The Bertz CT molecular complexity index is 1360. The van der Waals surface area contributed by atoms with E-state index < -0.39 is 0 Å². The maximum absolute atomic E-state index is 10.0. The molecule has 2 N–H and O–H groups in total. The van der Waals surface area contributed by atoms with Crippen molar-refractivity contribution in [1.29, 1.82) is 5.26 Å². The van der Waals surface area contributed by atoms with Crippen molar-refractivity contribution in [3.05, 3.63) is 64.7 Å². The molecule has 4 aromatic rings. The molecule has 176 valence electrons. The summed E-state index contributed by atoms with van der Waals surface area (Å²) in [7, 11) is 3.31. The van der Waals surface area contributed by atoms with Gasteiger partial charge in [-0.1, -0.05) is 32.0 Å². The predicted octanol–water partition coefficient (Wildman–Crippen LogP) is 5.35. The summed E-state index contributed by atoms with van der Waals surface area (Å²) in [5.74, 6) is 3.10. The van der Waals surface area contributed by atoms with E-state index in [-0.39, 0.29) is 0 Å². The number of fused-ring (bicyclic) bond motifs is 3. The van der Waals surface area contributed by atoms with E-state index in [0.29, 0.717) is 11.5 Å². The smallest absolute Gasteiger partial charge is 0.250 e. The Hall–Kier alpha value is -3.72. The molecule has 6 nitrogen and oxygen atoms in total. The number of hydrogen-bond donors (Lipinski definition) is 2. The van der Waals surface area contributed by atoms with Gasteiger partial charge in [0.2, 0.25) is 11.5 Å². The number of hydrogen-bond acceptors (Lipinski definition) is 4. The van der Waals surface area contributed by atoms with Crippen LogP contribution >= 0.6 is 0 Å². The summed E-state index contributed by atoms with van der Waals surface area (Å²) in [6, 6.07) is 16.7. The number of anilines is 1. The minimum absolute atomic E-state index is 0.577. The highest BCUT2D eigenvalue weighted by atomic mass is 16.5. The molecule has 2 heterocycles. The number of pyridine rings is 1. The van der Waals surface area contributed by atoms with Crippen LogP contribution in [-0.4, -0.2) is 25.7 Å². The van der Waals surface area contributed by atoms with Gasteiger partial charge in [-0.25, -0.2) is 0 Å². The fourth-order valence-corrected chi connectivity index (χ4v) is 4.55. The van der Waals surface area contributed by atoms with Gasteiger partial charge in [0.05, 0.1) is 20.8 Å². The number of H-pyrrole nitrogens is 1. The first-order valence-electron chi connectivity index (χ1n) is 11.8. The lowest BCUT2D eigenvalue weighted by molar-refractivity contribution is -0.465. The first-order valence-corrected chi connectivity index (χ1v) is 11.8. The number of nitriles is 1. The van der Waals surface area contributed by atoms with Gasteiger partial charge in [-0.05, 0) is 61.1 Å². The Morgan fingerprint density at radius 3 is 2.53 bits per heavy atom. The Labute approximate surface area is 201 Å². The van der Waals surface area contributed by atoms with Crippen molar-refractivity contribution in [2.75, 3.05) is 26.1 Å². The van der Waals surface area contributed by atoms with Crippen molar-refractivity contribution in [2.24, 2.45) is 5.92 Å². The molecule has 2 aromatic carbocycles. The molecule has 0 amide bonds. The second-order valence-electron chi connectivity index (χ2n) is 9.06. The van der Waals surface area contributed by atoms with E-state index in [1.54, 1.807) is 14.2 Å². The van der Waals surface area contributed by atoms with Crippen LogP contribution < -0.4 is 19.2 Å². The number of benzene rings is 2. The normalized spacial score (nSPS) is 11.2. The molecular weight excluding hydrogens is 424 g/mol. The minimum Gasteiger partial charge on any atom is -0.493 e. The third kappa shape index (κ3) is 4.38. The highest BCUT2D eigenvalue weighted by molar-refractivity contribution is 5.78. The average Bonchev–Trinajstić information content (AvgIpc) is 3.22.